The minimum atomic E-state index is -0.613. The third-order valence-electron chi connectivity index (χ3n) is 4.75. The Hall–Kier alpha value is -3.22. The van der Waals surface area contributed by atoms with Crippen molar-refractivity contribution in [3.8, 4) is 17.2 Å². The first-order valence-electron chi connectivity index (χ1n) is 10.4. The molecule has 1 N–H and O–H groups in total. The van der Waals surface area contributed by atoms with Gasteiger partial charge in [0.05, 0.1) is 14.2 Å². The van der Waals surface area contributed by atoms with E-state index in [0.717, 1.165) is 11.3 Å². The maximum atomic E-state index is 13.2. The first kappa shape index (κ1) is 24.1. The molecule has 0 aromatic heterocycles. The van der Waals surface area contributed by atoms with Crippen LogP contribution in [0, 0.1) is 0 Å². The van der Waals surface area contributed by atoms with Crippen LogP contribution in [0.4, 0.5) is 0 Å². The highest BCUT2D eigenvalue weighted by Gasteiger charge is 2.29. The summed E-state index contributed by atoms with van der Waals surface area (Å²) in [6, 6.07) is 13.9. The smallest absolute Gasteiger partial charge is 0.261 e. The SMILES string of the molecule is CCC(C(=O)NC(C)C)N(Cc1ccc(OC)cc1)C(=O)COc1ccccc1OC. The zero-order valence-electron chi connectivity index (χ0n) is 18.9. The minimum absolute atomic E-state index is 0.0238. The predicted octanol–water partition coefficient (Wildman–Crippen LogP) is 3.41. The van der Waals surface area contributed by atoms with Gasteiger partial charge < -0.3 is 24.4 Å². The molecule has 0 aliphatic carbocycles. The number of hydrogen-bond acceptors (Lipinski definition) is 5. The van der Waals surface area contributed by atoms with E-state index in [0.29, 0.717) is 17.9 Å². The van der Waals surface area contributed by atoms with E-state index < -0.39 is 6.04 Å². The molecule has 2 aromatic rings. The van der Waals surface area contributed by atoms with E-state index in [1.807, 2.05) is 57.2 Å². The summed E-state index contributed by atoms with van der Waals surface area (Å²) in [6.07, 6.45) is 0.481. The molecule has 1 unspecified atom stereocenters. The second-order valence-corrected chi connectivity index (χ2v) is 7.40. The van der Waals surface area contributed by atoms with Gasteiger partial charge in [0.1, 0.15) is 11.8 Å². The van der Waals surface area contributed by atoms with Gasteiger partial charge in [-0.3, -0.25) is 9.59 Å². The zero-order chi connectivity index (χ0) is 22.8. The molecule has 2 amide bonds. The number of carbonyl (C=O) groups is 2. The lowest BCUT2D eigenvalue weighted by atomic mass is 10.1. The Morgan fingerprint density at radius 2 is 1.61 bits per heavy atom. The Bertz CT molecular complexity index is 851. The van der Waals surface area contributed by atoms with Crippen molar-refractivity contribution in [1.29, 1.82) is 0 Å². The molecule has 0 saturated carbocycles. The molecule has 31 heavy (non-hydrogen) atoms. The fourth-order valence-corrected chi connectivity index (χ4v) is 3.19. The topological polar surface area (TPSA) is 77.1 Å². The average molecular weight is 429 g/mol. The lowest BCUT2D eigenvalue weighted by Crippen LogP contribution is -2.51. The molecule has 0 radical (unpaired) electrons. The number of rotatable bonds is 11. The lowest BCUT2D eigenvalue weighted by Gasteiger charge is -2.31. The number of hydrogen-bond donors (Lipinski definition) is 1. The standard InChI is InChI=1S/C24H32N2O5/c1-6-20(24(28)25-17(2)3)26(15-18-11-13-19(29-4)14-12-18)23(27)16-31-22-10-8-7-9-21(22)30-5/h7-14,17,20H,6,15-16H2,1-5H3,(H,25,28). The number of methoxy groups -OCH3 is 2. The van der Waals surface area contributed by atoms with Gasteiger partial charge in [-0.25, -0.2) is 0 Å². The van der Waals surface area contributed by atoms with Crippen molar-refractivity contribution in [2.45, 2.75) is 45.8 Å². The van der Waals surface area contributed by atoms with E-state index in [2.05, 4.69) is 5.32 Å². The largest absolute Gasteiger partial charge is 0.497 e. The Kier molecular flexibility index (Phi) is 9.18. The van der Waals surface area contributed by atoms with Crippen molar-refractivity contribution in [2.75, 3.05) is 20.8 Å². The molecule has 2 rings (SSSR count). The number of para-hydroxylation sites is 2. The number of nitrogens with one attached hydrogen (secondary N) is 1. The Morgan fingerprint density at radius 1 is 0.968 bits per heavy atom. The second kappa shape index (κ2) is 11.8. The molecule has 0 bridgehead atoms. The van der Waals surface area contributed by atoms with Crippen LogP contribution < -0.4 is 19.5 Å². The Labute approximate surface area is 184 Å². The summed E-state index contributed by atoms with van der Waals surface area (Å²) in [4.78, 5) is 27.6. The Morgan fingerprint density at radius 3 is 2.16 bits per heavy atom. The third kappa shape index (κ3) is 6.91. The fourth-order valence-electron chi connectivity index (χ4n) is 3.19. The molecule has 0 fully saturated rings. The van der Waals surface area contributed by atoms with Crippen molar-refractivity contribution < 1.29 is 23.8 Å². The summed E-state index contributed by atoms with van der Waals surface area (Å²) >= 11 is 0. The van der Waals surface area contributed by atoms with Crippen LogP contribution in [0.1, 0.15) is 32.8 Å². The number of benzene rings is 2. The van der Waals surface area contributed by atoms with Crippen molar-refractivity contribution >= 4 is 11.8 Å². The van der Waals surface area contributed by atoms with Gasteiger partial charge in [-0.15, -0.1) is 0 Å². The van der Waals surface area contributed by atoms with Gasteiger partial charge in [0.25, 0.3) is 5.91 Å². The van der Waals surface area contributed by atoms with Crippen LogP contribution in [-0.2, 0) is 16.1 Å². The van der Waals surface area contributed by atoms with Gasteiger partial charge in [0.2, 0.25) is 5.91 Å². The lowest BCUT2D eigenvalue weighted by molar-refractivity contribution is -0.143. The summed E-state index contributed by atoms with van der Waals surface area (Å²) < 4.78 is 16.2. The van der Waals surface area contributed by atoms with Crippen LogP contribution in [0.25, 0.3) is 0 Å². The molecule has 0 aliphatic rings. The van der Waals surface area contributed by atoms with E-state index in [1.54, 1.807) is 31.3 Å². The second-order valence-electron chi connectivity index (χ2n) is 7.40. The van der Waals surface area contributed by atoms with Gasteiger partial charge in [-0.2, -0.15) is 0 Å². The van der Waals surface area contributed by atoms with Crippen LogP contribution in [0.5, 0.6) is 17.2 Å². The molecule has 0 aliphatic heterocycles. The minimum Gasteiger partial charge on any atom is -0.497 e. The van der Waals surface area contributed by atoms with E-state index in [9.17, 15) is 9.59 Å². The quantitative estimate of drug-likeness (QED) is 0.594. The molecule has 0 heterocycles. The molecule has 168 valence electrons. The summed E-state index contributed by atoms with van der Waals surface area (Å²) in [5.41, 5.74) is 0.891. The van der Waals surface area contributed by atoms with Crippen molar-refractivity contribution in [3.05, 3.63) is 54.1 Å². The van der Waals surface area contributed by atoms with Crippen LogP contribution >= 0.6 is 0 Å². The molecular weight excluding hydrogens is 396 g/mol. The first-order chi connectivity index (χ1) is 14.9. The molecule has 1 atom stereocenters. The number of carbonyl (C=O) groups excluding carboxylic acids is 2. The highest BCUT2D eigenvalue weighted by Crippen LogP contribution is 2.26. The molecule has 2 aromatic carbocycles. The van der Waals surface area contributed by atoms with Crippen molar-refractivity contribution in [1.82, 2.24) is 10.2 Å². The van der Waals surface area contributed by atoms with Crippen LogP contribution in [0.2, 0.25) is 0 Å². The summed E-state index contributed by atoms with van der Waals surface area (Å²) in [6.45, 7) is 5.75. The van der Waals surface area contributed by atoms with Gasteiger partial charge in [-0.05, 0) is 50.1 Å². The van der Waals surface area contributed by atoms with E-state index in [-0.39, 0.29) is 31.0 Å². The highest BCUT2D eigenvalue weighted by atomic mass is 16.5. The van der Waals surface area contributed by atoms with E-state index >= 15 is 0 Å². The molecular formula is C24H32N2O5. The average Bonchev–Trinajstić information content (AvgIpc) is 2.77. The highest BCUT2D eigenvalue weighted by molar-refractivity contribution is 5.88. The fraction of sp³-hybridized carbons (Fsp3) is 0.417. The van der Waals surface area contributed by atoms with Crippen LogP contribution in [0.3, 0.4) is 0 Å². The summed E-state index contributed by atoms with van der Waals surface area (Å²) in [5, 5.41) is 2.91. The normalized spacial score (nSPS) is 11.5. The van der Waals surface area contributed by atoms with Gasteiger partial charge >= 0.3 is 0 Å². The molecule has 7 nitrogen and oxygen atoms in total. The zero-order valence-corrected chi connectivity index (χ0v) is 18.9. The van der Waals surface area contributed by atoms with Gasteiger partial charge in [0, 0.05) is 12.6 Å². The maximum absolute atomic E-state index is 13.2. The summed E-state index contributed by atoms with van der Waals surface area (Å²) in [5.74, 6) is 1.28. The maximum Gasteiger partial charge on any atom is 0.261 e. The van der Waals surface area contributed by atoms with E-state index in [1.165, 1.54) is 0 Å². The molecule has 0 spiro atoms. The Balaban J connectivity index is 2.23. The van der Waals surface area contributed by atoms with Crippen molar-refractivity contribution in [2.24, 2.45) is 0 Å². The van der Waals surface area contributed by atoms with Crippen molar-refractivity contribution in [3.63, 3.8) is 0 Å². The van der Waals surface area contributed by atoms with Gasteiger partial charge in [0.15, 0.2) is 18.1 Å². The van der Waals surface area contributed by atoms with Crippen LogP contribution in [-0.4, -0.2) is 49.6 Å². The summed E-state index contributed by atoms with van der Waals surface area (Å²) in [7, 11) is 3.15. The first-order valence-corrected chi connectivity index (χ1v) is 10.4. The predicted molar refractivity (Wildman–Crippen MR) is 119 cm³/mol. The van der Waals surface area contributed by atoms with Gasteiger partial charge in [-0.1, -0.05) is 31.2 Å². The number of amides is 2. The molecule has 7 heteroatoms. The number of nitrogens with zero attached hydrogens (tertiary/aromatic N) is 1. The monoisotopic (exact) mass is 428 g/mol. The third-order valence-corrected chi connectivity index (χ3v) is 4.75. The van der Waals surface area contributed by atoms with E-state index in [4.69, 9.17) is 14.2 Å². The number of ether oxygens (including phenoxy) is 3. The van der Waals surface area contributed by atoms with Crippen LogP contribution in [0.15, 0.2) is 48.5 Å². The molecule has 0 saturated heterocycles.